The summed E-state index contributed by atoms with van der Waals surface area (Å²) in [5.74, 6) is 4.35. The fourth-order valence-corrected chi connectivity index (χ4v) is 5.96. The zero-order valence-electron chi connectivity index (χ0n) is 7.89. The van der Waals surface area contributed by atoms with Gasteiger partial charge >= 0.3 is 0 Å². The smallest absolute Gasteiger partial charge is 0.000309 e. The summed E-state index contributed by atoms with van der Waals surface area (Å²) < 4.78 is 0. The molecule has 0 aliphatic rings. The van der Waals surface area contributed by atoms with E-state index in [1.165, 1.54) is 11.5 Å². The predicted molar refractivity (Wildman–Crippen MR) is 62.9 cm³/mol. The van der Waals surface area contributed by atoms with Crippen molar-refractivity contribution < 1.29 is 0 Å². The summed E-state index contributed by atoms with van der Waals surface area (Å²) in [6.45, 7) is 10.2. The third kappa shape index (κ3) is 11.1. The second kappa shape index (κ2) is 7.76. The average Bonchev–Trinajstić information content (AvgIpc) is 1.85. The highest BCUT2D eigenvalue weighted by Crippen LogP contribution is 2.43. The Morgan fingerprint density at radius 1 is 0.909 bits per heavy atom. The van der Waals surface area contributed by atoms with Gasteiger partial charge in [-0.05, 0) is 18.8 Å². The van der Waals surface area contributed by atoms with E-state index < -0.39 is 0 Å². The molecule has 0 aromatic rings. The topological polar surface area (TPSA) is 0 Å². The molecule has 11 heavy (non-hydrogen) atoms. The van der Waals surface area contributed by atoms with Crippen LogP contribution in [-0.2, 0) is 0 Å². The number of rotatable bonds is 6. The Balaban J connectivity index is 2.91. The van der Waals surface area contributed by atoms with Crippen molar-refractivity contribution in [3.05, 3.63) is 0 Å². The normalized spacial score (nSPS) is 11.5. The van der Waals surface area contributed by atoms with Crippen LogP contribution in [0.2, 0.25) is 0 Å². The maximum Gasteiger partial charge on any atom is 0.000309 e. The Kier molecular flexibility index (Phi) is 8.56. The molecular weight excluding hydrogens is 191 g/mol. The first kappa shape index (κ1) is 12.1. The summed E-state index contributed by atoms with van der Waals surface area (Å²) in [7, 11) is 0. The van der Waals surface area contributed by atoms with Crippen LogP contribution in [0.4, 0.5) is 0 Å². The van der Waals surface area contributed by atoms with Crippen LogP contribution in [0.5, 0.6) is 0 Å². The molecule has 68 valence electrons. The van der Waals surface area contributed by atoms with Gasteiger partial charge in [-0.15, -0.1) is 22.8 Å². The van der Waals surface area contributed by atoms with E-state index in [9.17, 15) is 0 Å². The number of hydrogen-bond acceptors (Lipinski definition) is 2. The zero-order chi connectivity index (χ0) is 8.69. The third-order valence-electron chi connectivity index (χ3n) is 0.951. The number of hydrogen-bond donors (Lipinski definition) is 0. The first-order chi connectivity index (χ1) is 5.13. The van der Waals surface area contributed by atoms with E-state index in [2.05, 4.69) is 50.5 Å². The molecule has 0 amide bonds. The van der Waals surface area contributed by atoms with Crippen LogP contribution in [0, 0.1) is 11.8 Å². The van der Waals surface area contributed by atoms with E-state index >= 15 is 0 Å². The van der Waals surface area contributed by atoms with Gasteiger partial charge in [0.1, 0.15) is 0 Å². The second-order valence-electron chi connectivity index (χ2n) is 3.49. The fraction of sp³-hybridized carbons (Fsp3) is 1.00. The monoisotopic (exact) mass is 210 g/mol. The standard InChI is InChI=1S/C8H19PS2/c1-7(2)5-10-9-11-6-8(3)4/h7-9H,5-6H2,1-4H3. The highest BCUT2D eigenvalue weighted by Gasteiger charge is 1.96. The second-order valence-corrected chi connectivity index (χ2v) is 8.64. The maximum absolute atomic E-state index is 2.28. The molecule has 0 rings (SSSR count). The molecule has 3 heteroatoms. The van der Waals surface area contributed by atoms with Crippen molar-refractivity contribution >= 4 is 29.7 Å². The maximum atomic E-state index is 2.28. The Labute approximate surface area is 81.0 Å². The Bertz CT molecular complexity index is 74.2. The van der Waals surface area contributed by atoms with E-state index in [1.807, 2.05) is 0 Å². The molecule has 0 aromatic heterocycles. The SMILES string of the molecule is CC(C)CSPSCC(C)C. The lowest BCUT2D eigenvalue weighted by Gasteiger charge is -2.05. The zero-order valence-corrected chi connectivity index (χ0v) is 10.5. The van der Waals surface area contributed by atoms with E-state index in [0.717, 1.165) is 18.8 Å². The quantitative estimate of drug-likeness (QED) is 0.474. The minimum absolute atomic E-state index is 0.854. The van der Waals surface area contributed by atoms with E-state index in [1.54, 1.807) is 0 Å². The first-order valence-corrected chi connectivity index (χ1v) is 8.53. The highest BCUT2D eigenvalue weighted by atomic mass is 33.1. The van der Waals surface area contributed by atoms with Gasteiger partial charge in [-0.25, -0.2) is 0 Å². The molecule has 0 aliphatic heterocycles. The molecule has 0 radical (unpaired) electrons. The molecule has 0 nitrogen and oxygen atoms in total. The average molecular weight is 210 g/mol. The Hall–Kier alpha value is 1.13. The van der Waals surface area contributed by atoms with Gasteiger partial charge in [-0.1, -0.05) is 27.7 Å². The lowest BCUT2D eigenvalue weighted by molar-refractivity contribution is 0.752. The predicted octanol–water partition coefficient (Wildman–Crippen LogP) is 4.27. The molecule has 0 heterocycles. The largest absolute Gasteiger partial charge is 0.126 e. The summed E-state index contributed by atoms with van der Waals surface area (Å²) >= 11 is 4.19. The van der Waals surface area contributed by atoms with Gasteiger partial charge in [0, 0.05) is 11.5 Å². The van der Waals surface area contributed by atoms with Gasteiger partial charge in [0.2, 0.25) is 0 Å². The van der Waals surface area contributed by atoms with Gasteiger partial charge in [-0.3, -0.25) is 0 Å². The van der Waals surface area contributed by atoms with Crippen molar-refractivity contribution in [2.75, 3.05) is 11.5 Å². The van der Waals surface area contributed by atoms with Crippen LogP contribution in [-0.4, -0.2) is 11.5 Å². The van der Waals surface area contributed by atoms with Gasteiger partial charge in [0.05, 0.1) is 0 Å². The highest BCUT2D eigenvalue weighted by molar-refractivity contribution is 8.82. The van der Waals surface area contributed by atoms with Crippen molar-refractivity contribution in [1.82, 2.24) is 0 Å². The molecular formula is C8H19PS2. The molecule has 0 spiro atoms. The van der Waals surface area contributed by atoms with Crippen LogP contribution < -0.4 is 0 Å². The summed E-state index contributed by atoms with van der Waals surface area (Å²) in [5, 5.41) is 0. The van der Waals surface area contributed by atoms with Gasteiger partial charge in [0.15, 0.2) is 0 Å². The van der Waals surface area contributed by atoms with Crippen LogP contribution in [0.15, 0.2) is 0 Å². The molecule has 0 bridgehead atoms. The van der Waals surface area contributed by atoms with Gasteiger partial charge in [-0.2, -0.15) is 0 Å². The van der Waals surface area contributed by atoms with Crippen LogP contribution in [0.1, 0.15) is 27.7 Å². The van der Waals surface area contributed by atoms with Crippen molar-refractivity contribution in [2.24, 2.45) is 11.8 Å². The summed E-state index contributed by atoms with van der Waals surface area (Å²) in [6.07, 6.45) is 0. The lowest BCUT2D eigenvalue weighted by Crippen LogP contribution is -1.88. The minimum atomic E-state index is 0.854. The van der Waals surface area contributed by atoms with E-state index in [-0.39, 0.29) is 0 Å². The molecule has 0 fully saturated rings. The van der Waals surface area contributed by atoms with Gasteiger partial charge < -0.3 is 0 Å². The molecule has 0 unspecified atom stereocenters. The molecule has 0 saturated heterocycles. The van der Waals surface area contributed by atoms with Crippen molar-refractivity contribution in [1.29, 1.82) is 0 Å². The molecule has 0 aliphatic carbocycles. The molecule has 0 atom stereocenters. The summed E-state index contributed by atoms with van der Waals surface area (Å²) in [5.41, 5.74) is 0. The minimum Gasteiger partial charge on any atom is -0.126 e. The van der Waals surface area contributed by atoms with E-state index in [4.69, 9.17) is 0 Å². The van der Waals surface area contributed by atoms with Crippen molar-refractivity contribution in [2.45, 2.75) is 27.7 Å². The van der Waals surface area contributed by atoms with Gasteiger partial charge in [0.25, 0.3) is 0 Å². The third-order valence-corrected chi connectivity index (χ3v) is 6.68. The fourth-order valence-electron chi connectivity index (χ4n) is 0.443. The lowest BCUT2D eigenvalue weighted by atomic mass is 10.3. The first-order valence-electron chi connectivity index (χ1n) is 4.11. The van der Waals surface area contributed by atoms with E-state index in [0.29, 0.717) is 0 Å². The summed E-state index contributed by atoms with van der Waals surface area (Å²) in [4.78, 5) is 0. The molecule has 0 N–H and O–H groups in total. The Morgan fingerprint density at radius 2 is 1.27 bits per heavy atom. The summed E-state index contributed by atoms with van der Waals surface area (Å²) in [6, 6.07) is 0. The van der Waals surface area contributed by atoms with Crippen LogP contribution >= 0.6 is 29.7 Å². The van der Waals surface area contributed by atoms with Crippen LogP contribution in [0.3, 0.4) is 0 Å². The Morgan fingerprint density at radius 3 is 1.55 bits per heavy atom. The van der Waals surface area contributed by atoms with Crippen molar-refractivity contribution in [3.63, 3.8) is 0 Å². The molecule has 0 aromatic carbocycles. The van der Waals surface area contributed by atoms with Crippen molar-refractivity contribution in [3.8, 4) is 0 Å². The molecule has 0 saturated carbocycles. The van der Waals surface area contributed by atoms with Crippen LogP contribution in [0.25, 0.3) is 0 Å².